The molecule has 3 aromatic rings. The third-order valence-corrected chi connectivity index (χ3v) is 8.48. The molecule has 220 valence electrons. The molecule has 7 nitrogen and oxygen atoms in total. The predicted molar refractivity (Wildman–Crippen MR) is 167 cm³/mol. The second-order valence-electron chi connectivity index (χ2n) is 10.3. The van der Waals surface area contributed by atoms with E-state index in [4.69, 9.17) is 34.8 Å². The van der Waals surface area contributed by atoms with Crippen molar-refractivity contribution in [2.24, 2.45) is 5.92 Å². The Kier molecular flexibility index (Phi) is 11.5. The van der Waals surface area contributed by atoms with E-state index >= 15 is 0 Å². The van der Waals surface area contributed by atoms with E-state index in [0.717, 1.165) is 27.3 Å². The van der Waals surface area contributed by atoms with Crippen LogP contribution in [0.15, 0.2) is 66.7 Å². The van der Waals surface area contributed by atoms with Crippen LogP contribution in [0.2, 0.25) is 15.1 Å². The van der Waals surface area contributed by atoms with E-state index in [1.54, 1.807) is 0 Å². The standard InChI is InChI=1S/C30H34Cl3N3O4S/c1-20(2)17-34-30(38)28(14-22-10-6-5-7-11-22)35(18-23-12-8-9-21(3)13-23)29(37)19-36(41(4,39)40)27-16-25(32)24(31)15-26(27)33/h5-13,15-16,20,28H,14,17-19H2,1-4H3,(H,34,38). The van der Waals surface area contributed by atoms with Crippen LogP contribution in [0.25, 0.3) is 0 Å². The van der Waals surface area contributed by atoms with Gasteiger partial charge >= 0.3 is 0 Å². The molecule has 1 unspecified atom stereocenters. The molecule has 0 bridgehead atoms. The molecule has 0 heterocycles. The maximum Gasteiger partial charge on any atom is 0.244 e. The fraction of sp³-hybridized carbons (Fsp3) is 0.333. The number of anilines is 1. The Morgan fingerprint density at radius 3 is 2.12 bits per heavy atom. The number of amides is 2. The Labute approximate surface area is 257 Å². The van der Waals surface area contributed by atoms with Crippen LogP contribution in [0.3, 0.4) is 0 Å². The number of rotatable bonds is 12. The van der Waals surface area contributed by atoms with Crippen molar-refractivity contribution in [3.63, 3.8) is 0 Å². The van der Waals surface area contributed by atoms with Gasteiger partial charge in [0.05, 0.1) is 27.0 Å². The Balaban J connectivity index is 2.09. The van der Waals surface area contributed by atoms with Crippen LogP contribution < -0.4 is 9.62 Å². The zero-order valence-electron chi connectivity index (χ0n) is 23.4. The lowest BCUT2D eigenvalue weighted by Crippen LogP contribution is -2.53. The van der Waals surface area contributed by atoms with Gasteiger partial charge in [-0.3, -0.25) is 13.9 Å². The molecule has 3 aromatic carbocycles. The summed E-state index contributed by atoms with van der Waals surface area (Å²) in [5.41, 5.74) is 2.65. The highest BCUT2D eigenvalue weighted by atomic mass is 35.5. The van der Waals surface area contributed by atoms with Crippen LogP contribution in [0, 0.1) is 12.8 Å². The maximum absolute atomic E-state index is 14.1. The quantitative estimate of drug-likeness (QED) is 0.242. The van der Waals surface area contributed by atoms with Gasteiger partial charge < -0.3 is 10.2 Å². The molecule has 0 saturated heterocycles. The molecular formula is C30H34Cl3N3O4S. The predicted octanol–water partition coefficient (Wildman–Crippen LogP) is 6.13. The van der Waals surface area contributed by atoms with E-state index in [1.165, 1.54) is 17.0 Å². The molecule has 0 aliphatic rings. The topological polar surface area (TPSA) is 86.8 Å². The van der Waals surface area contributed by atoms with Crippen LogP contribution in [-0.4, -0.2) is 50.5 Å². The second kappa shape index (κ2) is 14.4. The van der Waals surface area contributed by atoms with E-state index in [0.29, 0.717) is 6.54 Å². The zero-order chi connectivity index (χ0) is 30.3. The van der Waals surface area contributed by atoms with E-state index in [2.05, 4.69) is 5.32 Å². The summed E-state index contributed by atoms with van der Waals surface area (Å²) >= 11 is 18.6. The highest BCUT2D eigenvalue weighted by Crippen LogP contribution is 2.35. The van der Waals surface area contributed by atoms with Crippen molar-refractivity contribution in [2.45, 2.75) is 39.8 Å². The van der Waals surface area contributed by atoms with Gasteiger partial charge in [-0.2, -0.15) is 0 Å². The summed E-state index contributed by atoms with van der Waals surface area (Å²) in [4.78, 5) is 29.2. The summed E-state index contributed by atoms with van der Waals surface area (Å²) in [5.74, 6) is -0.725. The van der Waals surface area contributed by atoms with Gasteiger partial charge in [-0.25, -0.2) is 8.42 Å². The zero-order valence-corrected chi connectivity index (χ0v) is 26.5. The van der Waals surface area contributed by atoms with Gasteiger partial charge in [0.1, 0.15) is 12.6 Å². The lowest BCUT2D eigenvalue weighted by molar-refractivity contribution is -0.140. The fourth-order valence-corrected chi connectivity index (χ4v) is 5.83. The van der Waals surface area contributed by atoms with Crippen molar-refractivity contribution < 1.29 is 18.0 Å². The normalized spacial score (nSPS) is 12.2. The monoisotopic (exact) mass is 637 g/mol. The molecule has 11 heteroatoms. The molecule has 0 aliphatic heterocycles. The number of sulfonamides is 1. The third kappa shape index (κ3) is 9.36. The fourth-order valence-electron chi connectivity index (χ4n) is 4.28. The number of hydrogen-bond acceptors (Lipinski definition) is 4. The molecule has 0 saturated carbocycles. The molecule has 0 radical (unpaired) electrons. The first kappa shape index (κ1) is 32.7. The van der Waals surface area contributed by atoms with Gasteiger partial charge in [-0.05, 0) is 36.1 Å². The van der Waals surface area contributed by atoms with Gasteiger partial charge in [0.2, 0.25) is 21.8 Å². The van der Waals surface area contributed by atoms with Gasteiger partial charge in [0, 0.05) is 19.5 Å². The van der Waals surface area contributed by atoms with E-state index in [1.807, 2.05) is 75.4 Å². The molecule has 0 fully saturated rings. The van der Waals surface area contributed by atoms with E-state index in [9.17, 15) is 18.0 Å². The summed E-state index contributed by atoms with van der Waals surface area (Å²) < 4.78 is 26.8. The van der Waals surface area contributed by atoms with Gasteiger partial charge in [-0.1, -0.05) is 109 Å². The maximum atomic E-state index is 14.1. The molecule has 0 aromatic heterocycles. The van der Waals surface area contributed by atoms with Crippen LogP contribution in [-0.2, 0) is 32.6 Å². The summed E-state index contributed by atoms with van der Waals surface area (Å²) in [6, 6.07) is 18.7. The SMILES string of the molecule is Cc1cccc(CN(C(=O)CN(c2cc(Cl)c(Cl)cc2Cl)S(C)(=O)=O)C(Cc2ccccc2)C(=O)NCC(C)C)c1. The average molecular weight is 639 g/mol. The van der Waals surface area contributed by atoms with Crippen molar-refractivity contribution in [3.8, 4) is 0 Å². The number of halogens is 3. The number of nitrogens with zero attached hydrogens (tertiary/aromatic N) is 2. The smallest absolute Gasteiger partial charge is 0.244 e. The van der Waals surface area contributed by atoms with Gasteiger partial charge in [0.15, 0.2) is 0 Å². The van der Waals surface area contributed by atoms with Crippen molar-refractivity contribution >= 4 is 62.3 Å². The molecule has 41 heavy (non-hydrogen) atoms. The van der Waals surface area contributed by atoms with E-state index in [-0.39, 0.29) is 45.5 Å². The summed E-state index contributed by atoms with van der Waals surface area (Å²) in [5, 5.41) is 3.19. The number of carbonyl (C=O) groups is 2. The molecule has 0 aliphatic carbocycles. The molecule has 2 amide bonds. The Hall–Kier alpha value is -2.78. The average Bonchev–Trinajstić information content (AvgIpc) is 2.90. The highest BCUT2D eigenvalue weighted by Gasteiger charge is 2.33. The first-order valence-corrected chi connectivity index (χ1v) is 16.0. The van der Waals surface area contributed by atoms with Crippen molar-refractivity contribution in [2.75, 3.05) is 23.7 Å². The second-order valence-corrected chi connectivity index (χ2v) is 13.5. The molecule has 1 atom stereocenters. The Morgan fingerprint density at radius 2 is 1.51 bits per heavy atom. The largest absolute Gasteiger partial charge is 0.354 e. The Bertz CT molecular complexity index is 1480. The number of hydrogen-bond donors (Lipinski definition) is 1. The first-order chi connectivity index (χ1) is 19.3. The van der Waals surface area contributed by atoms with Gasteiger partial charge in [-0.15, -0.1) is 0 Å². The lowest BCUT2D eigenvalue weighted by atomic mass is 10.0. The number of benzene rings is 3. The van der Waals surface area contributed by atoms with Crippen LogP contribution in [0.5, 0.6) is 0 Å². The van der Waals surface area contributed by atoms with E-state index < -0.39 is 28.5 Å². The van der Waals surface area contributed by atoms with Crippen LogP contribution >= 0.6 is 34.8 Å². The van der Waals surface area contributed by atoms with Crippen LogP contribution in [0.4, 0.5) is 5.69 Å². The minimum absolute atomic E-state index is 0.0105. The summed E-state index contributed by atoms with van der Waals surface area (Å²) in [6.07, 6.45) is 1.20. The molecule has 1 N–H and O–H groups in total. The van der Waals surface area contributed by atoms with Crippen molar-refractivity contribution in [3.05, 3.63) is 98.5 Å². The summed E-state index contributed by atoms with van der Waals surface area (Å²) in [6.45, 7) is 5.79. The Morgan fingerprint density at radius 1 is 0.878 bits per heavy atom. The first-order valence-electron chi connectivity index (χ1n) is 13.0. The molecule has 3 rings (SSSR count). The van der Waals surface area contributed by atoms with Crippen molar-refractivity contribution in [1.82, 2.24) is 10.2 Å². The number of nitrogens with one attached hydrogen (secondary N) is 1. The van der Waals surface area contributed by atoms with Crippen molar-refractivity contribution in [1.29, 1.82) is 0 Å². The van der Waals surface area contributed by atoms with Gasteiger partial charge in [0.25, 0.3) is 0 Å². The summed E-state index contributed by atoms with van der Waals surface area (Å²) in [7, 11) is -4.01. The third-order valence-electron chi connectivity index (χ3n) is 6.33. The lowest BCUT2D eigenvalue weighted by Gasteiger charge is -2.34. The minimum atomic E-state index is -4.01. The molecular weight excluding hydrogens is 605 g/mol. The minimum Gasteiger partial charge on any atom is -0.354 e. The van der Waals surface area contributed by atoms with Crippen LogP contribution in [0.1, 0.15) is 30.5 Å². The number of carbonyl (C=O) groups excluding carboxylic acids is 2. The molecule has 0 spiro atoms. The number of aryl methyl sites for hydroxylation is 1. The highest BCUT2D eigenvalue weighted by molar-refractivity contribution is 7.92.